The van der Waals surface area contributed by atoms with Gasteiger partial charge in [0.05, 0.1) is 27.4 Å². The van der Waals surface area contributed by atoms with E-state index in [0.29, 0.717) is 15.4 Å². The average Bonchev–Trinajstić information content (AvgIpc) is 3.11. The van der Waals surface area contributed by atoms with E-state index in [1.54, 1.807) is 35.0 Å². The van der Waals surface area contributed by atoms with E-state index >= 15 is 0 Å². The van der Waals surface area contributed by atoms with Gasteiger partial charge in [-0.05, 0) is 36.4 Å². The van der Waals surface area contributed by atoms with Crippen molar-refractivity contribution in [2.24, 2.45) is 10.3 Å². The lowest BCUT2D eigenvalue weighted by atomic mass is 10.1. The highest BCUT2D eigenvalue weighted by atomic mass is 32.2. The third-order valence-electron chi connectivity index (χ3n) is 4.13. The minimum absolute atomic E-state index is 0.554. The number of benzene rings is 2. The first-order chi connectivity index (χ1) is 13.0. The SMILES string of the molecule is NS(=O)c1ccc(-c2ccc3ncc(-c4ccc(S(N)=O)cc4)n3n2)cc1. The Morgan fingerprint density at radius 3 is 1.85 bits per heavy atom. The lowest BCUT2D eigenvalue weighted by Crippen LogP contribution is -2.02. The number of hydrogen-bond acceptors (Lipinski definition) is 4. The summed E-state index contributed by atoms with van der Waals surface area (Å²) >= 11 is 0. The van der Waals surface area contributed by atoms with Crippen LogP contribution in [-0.2, 0) is 22.0 Å². The maximum absolute atomic E-state index is 11.4. The predicted octanol–water partition coefficient (Wildman–Crippen LogP) is 2.03. The van der Waals surface area contributed by atoms with Gasteiger partial charge < -0.3 is 0 Å². The van der Waals surface area contributed by atoms with Gasteiger partial charge in [0.15, 0.2) is 5.65 Å². The zero-order valence-electron chi connectivity index (χ0n) is 14.0. The van der Waals surface area contributed by atoms with Gasteiger partial charge >= 0.3 is 0 Å². The number of aromatic nitrogens is 3. The first-order valence-corrected chi connectivity index (χ1v) is 10.3. The first kappa shape index (κ1) is 17.7. The Bertz CT molecular complexity index is 1170. The molecule has 0 fully saturated rings. The van der Waals surface area contributed by atoms with Gasteiger partial charge in [-0.25, -0.2) is 28.2 Å². The van der Waals surface area contributed by atoms with Crippen molar-refractivity contribution in [1.29, 1.82) is 0 Å². The van der Waals surface area contributed by atoms with Crippen LogP contribution < -0.4 is 10.3 Å². The molecular weight excluding hydrogens is 382 g/mol. The molecule has 4 rings (SSSR count). The zero-order chi connectivity index (χ0) is 19.0. The smallest absolute Gasteiger partial charge is 0.154 e. The van der Waals surface area contributed by atoms with E-state index in [4.69, 9.17) is 10.3 Å². The number of fused-ring (bicyclic) bond motifs is 1. The molecule has 2 atom stereocenters. The standard InChI is InChI=1S/C18H15N5O2S2/c19-26(24)14-5-1-12(2-6-14)16-9-10-18-21-11-17(23(18)22-16)13-3-7-15(8-4-13)27(20)25/h1-11H,19-20H2. The van der Waals surface area contributed by atoms with Crippen LogP contribution in [0.5, 0.6) is 0 Å². The highest BCUT2D eigenvalue weighted by Gasteiger charge is 2.10. The Labute approximate surface area is 160 Å². The van der Waals surface area contributed by atoms with Gasteiger partial charge in [0.1, 0.15) is 22.0 Å². The van der Waals surface area contributed by atoms with E-state index in [9.17, 15) is 8.42 Å². The molecule has 0 aliphatic carbocycles. The summed E-state index contributed by atoms with van der Waals surface area (Å²) in [5.41, 5.74) is 4.02. The van der Waals surface area contributed by atoms with Crippen molar-refractivity contribution in [3.05, 3.63) is 66.9 Å². The summed E-state index contributed by atoms with van der Waals surface area (Å²) in [4.78, 5) is 5.49. The van der Waals surface area contributed by atoms with Crippen molar-refractivity contribution in [3.63, 3.8) is 0 Å². The fraction of sp³-hybridized carbons (Fsp3) is 0. The van der Waals surface area contributed by atoms with Crippen molar-refractivity contribution >= 4 is 27.6 Å². The molecule has 0 bridgehead atoms. The summed E-state index contributed by atoms with van der Waals surface area (Å²) in [6.45, 7) is 0. The zero-order valence-corrected chi connectivity index (χ0v) is 15.6. The predicted molar refractivity (Wildman–Crippen MR) is 105 cm³/mol. The van der Waals surface area contributed by atoms with Crippen LogP contribution in [0.25, 0.3) is 28.2 Å². The molecule has 4 aromatic rings. The Balaban J connectivity index is 1.77. The molecule has 0 amide bonds. The number of hydrogen-bond donors (Lipinski definition) is 2. The van der Waals surface area contributed by atoms with Crippen molar-refractivity contribution in [2.45, 2.75) is 9.79 Å². The van der Waals surface area contributed by atoms with Gasteiger partial charge in [-0.3, -0.25) is 0 Å². The van der Waals surface area contributed by atoms with E-state index in [-0.39, 0.29) is 0 Å². The lowest BCUT2D eigenvalue weighted by molar-refractivity contribution is 0.683. The normalized spacial score (nSPS) is 13.6. The highest BCUT2D eigenvalue weighted by molar-refractivity contribution is 7.83. The molecule has 27 heavy (non-hydrogen) atoms. The maximum atomic E-state index is 11.4. The van der Waals surface area contributed by atoms with E-state index in [2.05, 4.69) is 10.1 Å². The fourth-order valence-electron chi connectivity index (χ4n) is 2.74. The molecule has 7 nitrogen and oxygen atoms in total. The summed E-state index contributed by atoms with van der Waals surface area (Å²) in [5, 5.41) is 15.5. The molecule has 2 heterocycles. The second kappa shape index (κ2) is 7.12. The van der Waals surface area contributed by atoms with Gasteiger partial charge in [0, 0.05) is 11.1 Å². The molecule has 4 N–H and O–H groups in total. The van der Waals surface area contributed by atoms with Crippen molar-refractivity contribution in [2.75, 3.05) is 0 Å². The van der Waals surface area contributed by atoms with Gasteiger partial charge in [-0.2, -0.15) is 5.10 Å². The third kappa shape index (κ3) is 3.45. The van der Waals surface area contributed by atoms with E-state index in [1.165, 1.54) is 0 Å². The molecule has 0 aliphatic rings. The van der Waals surface area contributed by atoms with Gasteiger partial charge in [-0.1, -0.05) is 24.3 Å². The van der Waals surface area contributed by atoms with Crippen LogP contribution in [0.4, 0.5) is 0 Å². The highest BCUT2D eigenvalue weighted by Crippen LogP contribution is 2.24. The summed E-state index contributed by atoms with van der Waals surface area (Å²) in [5.74, 6) is 0. The summed E-state index contributed by atoms with van der Waals surface area (Å²) in [6, 6.07) is 18.0. The van der Waals surface area contributed by atoms with Crippen molar-refractivity contribution in [3.8, 4) is 22.5 Å². The molecular formula is C18H15N5O2S2. The summed E-state index contributed by atoms with van der Waals surface area (Å²) in [7, 11) is -3.02. The molecule has 0 spiro atoms. The van der Waals surface area contributed by atoms with Crippen LogP contribution in [-0.4, -0.2) is 23.0 Å². The largest absolute Gasteiger partial charge is 0.248 e. The van der Waals surface area contributed by atoms with E-state index in [1.807, 2.05) is 36.4 Å². The average molecular weight is 397 g/mol. The minimum atomic E-state index is -1.51. The van der Waals surface area contributed by atoms with Gasteiger partial charge in [-0.15, -0.1) is 0 Å². The molecule has 2 aromatic carbocycles. The number of nitrogens with zero attached hydrogens (tertiary/aromatic N) is 3. The van der Waals surface area contributed by atoms with Crippen LogP contribution in [0.3, 0.4) is 0 Å². The van der Waals surface area contributed by atoms with E-state index in [0.717, 1.165) is 22.5 Å². The third-order valence-corrected chi connectivity index (χ3v) is 5.60. The monoisotopic (exact) mass is 397 g/mol. The molecule has 0 saturated heterocycles. The van der Waals surface area contributed by atoms with Crippen LogP contribution in [0.1, 0.15) is 0 Å². The molecule has 9 heteroatoms. The summed E-state index contributed by atoms with van der Waals surface area (Å²) in [6.07, 6.45) is 1.74. The quantitative estimate of drug-likeness (QED) is 0.548. The lowest BCUT2D eigenvalue weighted by Gasteiger charge is -2.06. The first-order valence-electron chi connectivity index (χ1n) is 7.91. The number of rotatable bonds is 4. The second-order valence-electron chi connectivity index (χ2n) is 5.78. The minimum Gasteiger partial charge on any atom is -0.248 e. The van der Waals surface area contributed by atoms with Crippen molar-refractivity contribution < 1.29 is 8.42 Å². The van der Waals surface area contributed by atoms with Crippen molar-refractivity contribution in [1.82, 2.24) is 14.6 Å². The van der Waals surface area contributed by atoms with Crippen LogP contribution >= 0.6 is 0 Å². The van der Waals surface area contributed by atoms with Gasteiger partial charge in [0.25, 0.3) is 0 Å². The molecule has 0 saturated carbocycles. The number of nitrogens with two attached hydrogens (primary N) is 2. The second-order valence-corrected chi connectivity index (χ2v) is 7.91. The molecule has 136 valence electrons. The van der Waals surface area contributed by atoms with Crippen LogP contribution in [0.15, 0.2) is 76.7 Å². The fourth-order valence-corrected chi connectivity index (χ4v) is 3.55. The Morgan fingerprint density at radius 1 is 0.741 bits per heavy atom. The molecule has 0 radical (unpaired) electrons. The Morgan fingerprint density at radius 2 is 1.30 bits per heavy atom. The molecule has 2 aromatic heterocycles. The maximum Gasteiger partial charge on any atom is 0.154 e. The molecule has 0 aliphatic heterocycles. The van der Waals surface area contributed by atoms with Crippen LogP contribution in [0.2, 0.25) is 0 Å². The number of imidazole rings is 1. The Kier molecular flexibility index (Phi) is 4.66. The van der Waals surface area contributed by atoms with Crippen LogP contribution in [0, 0.1) is 0 Å². The van der Waals surface area contributed by atoms with E-state index < -0.39 is 22.0 Å². The van der Waals surface area contributed by atoms with Gasteiger partial charge in [0.2, 0.25) is 0 Å². The topological polar surface area (TPSA) is 116 Å². The Hall–Kier alpha value is -2.72. The molecule has 2 unspecified atom stereocenters. The summed E-state index contributed by atoms with van der Waals surface area (Å²) < 4.78 is 24.4.